The number of aromatic nitrogens is 3. The van der Waals surface area contributed by atoms with E-state index in [1.54, 1.807) is 46.7 Å². The van der Waals surface area contributed by atoms with Crippen molar-refractivity contribution in [3.05, 3.63) is 105 Å². The molecule has 0 radical (unpaired) electrons. The van der Waals surface area contributed by atoms with Crippen molar-refractivity contribution < 1.29 is 18.1 Å². The van der Waals surface area contributed by atoms with Crippen molar-refractivity contribution in [1.29, 1.82) is 0 Å². The van der Waals surface area contributed by atoms with Crippen molar-refractivity contribution in [2.45, 2.75) is 18.6 Å². The van der Waals surface area contributed by atoms with E-state index >= 15 is 0 Å². The summed E-state index contributed by atoms with van der Waals surface area (Å²) < 4.78 is 44.2. The number of thiazole rings is 1. The number of ketones is 1. The van der Waals surface area contributed by atoms with Gasteiger partial charge in [0.15, 0.2) is 10.8 Å². The summed E-state index contributed by atoms with van der Waals surface area (Å²) in [6, 6.07) is 12.2. The molecule has 2 aromatic heterocycles. The molecule has 0 amide bonds. The number of hydrogen-bond acceptors (Lipinski definition) is 6. The minimum Gasteiger partial charge on any atom is -0.598 e. The van der Waals surface area contributed by atoms with Gasteiger partial charge in [-0.2, -0.15) is 5.10 Å². The molecular formula is C27H22F2N4O2S2. The van der Waals surface area contributed by atoms with Gasteiger partial charge in [-0.15, -0.1) is 15.6 Å². The van der Waals surface area contributed by atoms with E-state index < -0.39 is 16.8 Å². The van der Waals surface area contributed by atoms with Gasteiger partial charge in [0.2, 0.25) is 5.78 Å². The van der Waals surface area contributed by atoms with E-state index in [1.807, 2.05) is 10.4 Å². The number of carbonyl (C=O) groups is 1. The van der Waals surface area contributed by atoms with Crippen LogP contribution in [-0.4, -0.2) is 42.5 Å². The van der Waals surface area contributed by atoms with Gasteiger partial charge in [0.1, 0.15) is 11.6 Å². The summed E-state index contributed by atoms with van der Waals surface area (Å²) in [6.07, 6.45) is 6.29. The topological polar surface area (TPSA) is 74.1 Å². The van der Waals surface area contributed by atoms with Gasteiger partial charge in [-0.3, -0.25) is 4.79 Å². The van der Waals surface area contributed by atoms with Gasteiger partial charge >= 0.3 is 0 Å². The summed E-state index contributed by atoms with van der Waals surface area (Å²) in [7, 11) is 0. The highest BCUT2D eigenvalue weighted by molar-refractivity contribution is 7.88. The number of piperidine rings is 1. The van der Waals surface area contributed by atoms with Crippen LogP contribution in [0.4, 0.5) is 8.78 Å². The Balaban J connectivity index is 1.36. The van der Waals surface area contributed by atoms with Gasteiger partial charge in [0, 0.05) is 35.0 Å². The van der Waals surface area contributed by atoms with E-state index in [1.165, 1.54) is 35.6 Å². The molecule has 0 bridgehead atoms. The van der Waals surface area contributed by atoms with E-state index in [-0.39, 0.29) is 29.7 Å². The smallest absolute Gasteiger partial charge is 0.203 e. The van der Waals surface area contributed by atoms with E-state index in [2.05, 4.69) is 10.1 Å². The van der Waals surface area contributed by atoms with Crippen LogP contribution in [0.5, 0.6) is 0 Å². The first-order chi connectivity index (χ1) is 17.9. The average molecular weight is 537 g/mol. The second-order valence-electron chi connectivity index (χ2n) is 9.25. The minimum atomic E-state index is -1.44. The van der Waals surface area contributed by atoms with Crippen LogP contribution >= 0.6 is 11.3 Å². The lowest BCUT2D eigenvalue weighted by molar-refractivity contribution is 0.0775. The number of hydrogen-bond donors (Lipinski definition) is 0. The fourth-order valence-electron chi connectivity index (χ4n) is 5.18. The fourth-order valence-corrected chi connectivity index (χ4v) is 7.16. The number of benzene rings is 2. The zero-order chi connectivity index (χ0) is 25.6. The molecule has 1 saturated heterocycles. The van der Waals surface area contributed by atoms with Crippen molar-refractivity contribution in [3.8, 4) is 5.69 Å². The van der Waals surface area contributed by atoms with E-state index in [0.29, 0.717) is 30.0 Å². The van der Waals surface area contributed by atoms with Crippen molar-refractivity contribution in [2.75, 3.05) is 13.1 Å². The Kier molecular flexibility index (Phi) is 6.28. The minimum absolute atomic E-state index is 0.0959. The Morgan fingerprint density at radius 1 is 1.16 bits per heavy atom. The highest BCUT2D eigenvalue weighted by Crippen LogP contribution is 2.47. The molecule has 2 unspecified atom stereocenters. The molecular weight excluding hydrogens is 514 g/mol. The predicted octanol–water partition coefficient (Wildman–Crippen LogP) is 4.99. The monoisotopic (exact) mass is 536 g/mol. The molecule has 2 aromatic carbocycles. The number of fused-ring (bicyclic) bond motifs is 2. The number of nitrogens with zero attached hydrogens (tertiary/aromatic N) is 4. The summed E-state index contributed by atoms with van der Waals surface area (Å²) in [5.74, 6) is -0.616. The molecule has 2 aliphatic rings. The number of Topliss-reactive ketones (excluding diaryl/α,β-unsaturated/α-hetero) is 1. The normalized spacial score (nSPS) is 20.1. The van der Waals surface area contributed by atoms with Crippen molar-refractivity contribution in [2.24, 2.45) is 5.41 Å². The summed E-state index contributed by atoms with van der Waals surface area (Å²) >= 11 is -0.147. The lowest BCUT2D eigenvalue weighted by Gasteiger charge is -2.44. The third-order valence-corrected chi connectivity index (χ3v) is 9.22. The lowest BCUT2D eigenvalue weighted by Crippen LogP contribution is -2.53. The molecule has 6 rings (SSSR count). The SMILES string of the molecule is O=C(c1nccs1)C12Cc3cnn(-c4ccc(F)cc4)c3C=C1CCN([S+]([O-])Cc1cccc(F)c1)C2. The molecule has 1 fully saturated rings. The molecule has 188 valence electrons. The maximum atomic E-state index is 14.0. The maximum absolute atomic E-state index is 14.0. The van der Waals surface area contributed by atoms with Gasteiger partial charge < -0.3 is 4.55 Å². The van der Waals surface area contributed by atoms with Gasteiger partial charge in [-0.05, 0) is 60.9 Å². The van der Waals surface area contributed by atoms with E-state index in [0.717, 1.165) is 22.5 Å². The molecule has 6 nitrogen and oxygen atoms in total. The molecule has 37 heavy (non-hydrogen) atoms. The second-order valence-corrected chi connectivity index (χ2v) is 11.6. The number of carbonyl (C=O) groups excluding carboxylic acids is 1. The first-order valence-electron chi connectivity index (χ1n) is 11.8. The third kappa shape index (κ3) is 4.44. The van der Waals surface area contributed by atoms with Crippen molar-refractivity contribution in [1.82, 2.24) is 19.1 Å². The highest BCUT2D eigenvalue weighted by Gasteiger charge is 2.51. The van der Waals surface area contributed by atoms with Crippen LogP contribution in [0.2, 0.25) is 0 Å². The van der Waals surface area contributed by atoms with Crippen LogP contribution in [0.3, 0.4) is 0 Å². The quantitative estimate of drug-likeness (QED) is 0.257. The molecule has 3 heterocycles. The molecule has 0 N–H and O–H groups in total. The molecule has 2 atom stereocenters. The summed E-state index contributed by atoms with van der Waals surface area (Å²) in [6.45, 7) is 0.765. The molecule has 0 saturated carbocycles. The molecule has 1 aliphatic heterocycles. The summed E-state index contributed by atoms with van der Waals surface area (Å²) in [5, 5.41) is 6.73. The molecule has 0 spiro atoms. The van der Waals surface area contributed by atoms with Crippen LogP contribution in [0.15, 0.2) is 71.9 Å². The average Bonchev–Trinajstić information content (AvgIpc) is 3.57. The van der Waals surface area contributed by atoms with Crippen LogP contribution in [0, 0.1) is 17.0 Å². The van der Waals surface area contributed by atoms with E-state index in [9.17, 15) is 18.1 Å². The highest BCUT2D eigenvalue weighted by atomic mass is 32.2. The fraction of sp³-hybridized carbons (Fsp3) is 0.222. The Bertz CT molecular complexity index is 1490. The second kappa shape index (κ2) is 9.60. The van der Waals surface area contributed by atoms with Gasteiger partial charge in [0.05, 0.1) is 29.5 Å². The van der Waals surface area contributed by atoms with Gasteiger partial charge in [-0.1, -0.05) is 17.7 Å². The maximum Gasteiger partial charge on any atom is 0.203 e. The molecule has 10 heteroatoms. The van der Waals surface area contributed by atoms with Crippen LogP contribution in [0.1, 0.15) is 33.0 Å². The Labute approximate surface area is 219 Å². The number of halogens is 2. The lowest BCUT2D eigenvalue weighted by atomic mass is 9.66. The first-order valence-corrected chi connectivity index (χ1v) is 13.9. The standard InChI is InChI=1S/C27H22F2N4O2S2/c28-21-4-6-23(7-5-21)33-24-13-20-8-10-32(37(35)16-18-2-1-3-22(29)12-18)17-27(20,14-19(24)15-31-33)25(34)26-30-9-11-36-26/h1-7,9,11-13,15H,8,10,14,16-17H2. The summed E-state index contributed by atoms with van der Waals surface area (Å²) in [5.41, 5.74) is 3.13. The Morgan fingerprint density at radius 2 is 2.00 bits per heavy atom. The number of rotatable bonds is 6. The molecule has 4 aromatic rings. The van der Waals surface area contributed by atoms with E-state index in [4.69, 9.17) is 0 Å². The zero-order valence-corrected chi connectivity index (χ0v) is 21.3. The summed E-state index contributed by atoms with van der Waals surface area (Å²) in [4.78, 5) is 18.3. The zero-order valence-electron chi connectivity index (χ0n) is 19.6. The predicted molar refractivity (Wildman–Crippen MR) is 139 cm³/mol. The van der Waals surface area contributed by atoms with Gasteiger partial charge in [-0.25, -0.2) is 18.4 Å². The molecule has 1 aliphatic carbocycles. The van der Waals surface area contributed by atoms with Crippen LogP contribution in [-0.2, 0) is 23.5 Å². The third-order valence-electron chi connectivity index (χ3n) is 6.98. The van der Waals surface area contributed by atoms with Crippen LogP contribution < -0.4 is 0 Å². The van der Waals surface area contributed by atoms with Gasteiger partial charge in [0.25, 0.3) is 0 Å². The Hall–Kier alpha value is -3.18. The van der Waals surface area contributed by atoms with Crippen LogP contribution in [0.25, 0.3) is 11.8 Å². The first kappa shape index (κ1) is 24.2. The van der Waals surface area contributed by atoms with Crippen molar-refractivity contribution >= 4 is 34.6 Å². The largest absolute Gasteiger partial charge is 0.598 e. The van der Waals surface area contributed by atoms with Crippen molar-refractivity contribution in [3.63, 3.8) is 0 Å². The Morgan fingerprint density at radius 3 is 2.76 bits per heavy atom.